The van der Waals surface area contributed by atoms with Crippen LogP contribution in [0.4, 0.5) is 0 Å². The molecule has 0 aliphatic carbocycles. The molecule has 2 saturated heterocycles. The topological polar surface area (TPSA) is 24.5 Å². The number of nitrogens with zero attached hydrogens (tertiary/aromatic N) is 1. The summed E-state index contributed by atoms with van der Waals surface area (Å²) >= 11 is 0. The zero-order chi connectivity index (χ0) is 11.4. The summed E-state index contributed by atoms with van der Waals surface area (Å²) in [4.78, 5) is 2.65. The van der Waals surface area contributed by atoms with E-state index in [0.717, 1.165) is 25.7 Å². The van der Waals surface area contributed by atoms with E-state index in [2.05, 4.69) is 24.1 Å². The molecule has 94 valence electrons. The lowest BCUT2D eigenvalue weighted by molar-refractivity contribution is 0.0969. The van der Waals surface area contributed by atoms with Crippen LogP contribution in [0.5, 0.6) is 0 Å². The van der Waals surface area contributed by atoms with Crippen LogP contribution in [0.25, 0.3) is 0 Å². The van der Waals surface area contributed by atoms with Gasteiger partial charge in [-0.25, -0.2) is 0 Å². The summed E-state index contributed by atoms with van der Waals surface area (Å²) in [6.07, 6.45) is 3.80. The number of hydrogen-bond acceptors (Lipinski definition) is 3. The Labute approximate surface area is 99.5 Å². The van der Waals surface area contributed by atoms with Crippen molar-refractivity contribution in [3.63, 3.8) is 0 Å². The monoisotopic (exact) mass is 226 g/mol. The minimum absolute atomic E-state index is 0.333. The first-order chi connectivity index (χ1) is 7.74. The lowest BCUT2D eigenvalue weighted by Gasteiger charge is -2.34. The fraction of sp³-hybridized carbons (Fsp3) is 1.00. The van der Waals surface area contributed by atoms with Crippen molar-refractivity contribution in [1.82, 2.24) is 10.2 Å². The van der Waals surface area contributed by atoms with Gasteiger partial charge in [-0.05, 0) is 51.7 Å². The van der Waals surface area contributed by atoms with Gasteiger partial charge in [0.2, 0.25) is 0 Å². The minimum Gasteiger partial charge on any atom is -0.379 e. The highest BCUT2D eigenvalue weighted by Gasteiger charge is 2.39. The van der Waals surface area contributed by atoms with E-state index in [1.54, 1.807) is 0 Å². The number of likely N-dealkylation sites (tertiary alicyclic amines) is 1. The van der Waals surface area contributed by atoms with Crippen LogP contribution in [-0.4, -0.2) is 49.8 Å². The fourth-order valence-electron chi connectivity index (χ4n) is 2.88. The third-order valence-electron chi connectivity index (χ3n) is 4.11. The van der Waals surface area contributed by atoms with Gasteiger partial charge in [-0.3, -0.25) is 4.90 Å². The van der Waals surface area contributed by atoms with Gasteiger partial charge < -0.3 is 10.1 Å². The van der Waals surface area contributed by atoms with E-state index in [4.69, 9.17) is 4.74 Å². The molecule has 2 aliphatic rings. The molecule has 0 saturated carbocycles. The molecule has 0 spiro atoms. The third kappa shape index (κ3) is 2.76. The predicted molar refractivity (Wildman–Crippen MR) is 66.7 cm³/mol. The molecular weight excluding hydrogens is 200 g/mol. The van der Waals surface area contributed by atoms with Crippen molar-refractivity contribution in [3.05, 3.63) is 0 Å². The molecule has 1 N–H and O–H groups in total. The molecule has 2 atom stereocenters. The average molecular weight is 226 g/mol. The van der Waals surface area contributed by atoms with Crippen molar-refractivity contribution in [2.45, 2.75) is 38.6 Å². The highest BCUT2D eigenvalue weighted by molar-refractivity contribution is 4.94. The SMILES string of the molecule is CCCNCC1CCN(C2(C)CCOC2)C1. The Morgan fingerprint density at radius 2 is 2.38 bits per heavy atom. The molecule has 0 radical (unpaired) electrons. The van der Waals surface area contributed by atoms with Crippen molar-refractivity contribution in [1.29, 1.82) is 0 Å². The summed E-state index contributed by atoms with van der Waals surface area (Å²) in [5, 5.41) is 3.54. The Morgan fingerprint density at radius 3 is 3.06 bits per heavy atom. The number of rotatable bonds is 5. The molecule has 2 unspecified atom stereocenters. The molecule has 0 bridgehead atoms. The Morgan fingerprint density at radius 1 is 1.50 bits per heavy atom. The molecule has 2 rings (SSSR count). The molecule has 16 heavy (non-hydrogen) atoms. The van der Waals surface area contributed by atoms with Crippen LogP contribution in [0, 0.1) is 5.92 Å². The Balaban J connectivity index is 1.74. The summed E-state index contributed by atoms with van der Waals surface area (Å²) in [6.45, 7) is 11.4. The van der Waals surface area contributed by atoms with E-state index in [0.29, 0.717) is 5.54 Å². The summed E-state index contributed by atoms with van der Waals surface area (Å²) in [7, 11) is 0. The van der Waals surface area contributed by atoms with Gasteiger partial charge in [-0.2, -0.15) is 0 Å². The Bertz CT molecular complexity index is 214. The number of ether oxygens (including phenoxy) is 1. The van der Waals surface area contributed by atoms with E-state index < -0.39 is 0 Å². The quantitative estimate of drug-likeness (QED) is 0.719. The second kappa shape index (κ2) is 5.48. The lowest BCUT2D eigenvalue weighted by Crippen LogP contribution is -2.45. The molecular formula is C13H26N2O. The summed E-state index contributed by atoms with van der Waals surface area (Å²) in [5.74, 6) is 0.851. The van der Waals surface area contributed by atoms with Crippen molar-refractivity contribution >= 4 is 0 Å². The van der Waals surface area contributed by atoms with Crippen molar-refractivity contribution < 1.29 is 4.74 Å². The second-order valence-corrected chi connectivity index (χ2v) is 5.60. The zero-order valence-corrected chi connectivity index (χ0v) is 10.8. The van der Waals surface area contributed by atoms with Gasteiger partial charge in [-0.15, -0.1) is 0 Å². The summed E-state index contributed by atoms with van der Waals surface area (Å²) in [5.41, 5.74) is 0.333. The van der Waals surface area contributed by atoms with Crippen LogP contribution in [0.1, 0.15) is 33.1 Å². The molecule has 0 aromatic carbocycles. The van der Waals surface area contributed by atoms with Crippen molar-refractivity contribution in [3.8, 4) is 0 Å². The maximum absolute atomic E-state index is 5.55. The van der Waals surface area contributed by atoms with Crippen LogP contribution in [-0.2, 0) is 4.74 Å². The first kappa shape index (κ1) is 12.3. The molecule has 0 aromatic heterocycles. The average Bonchev–Trinajstić information content (AvgIpc) is 2.88. The van der Waals surface area contributed by atoms with Gasteiger partial charge >= 0.3 is 0 Å². The van der Waals surface area contributed by atoms with Gasteiger partial charge in [0.15, 0.2) is 0 Å². The van der Waals surface area contributed by atoms with Gasteiger partial charge in [-0.1, -0.05) is 6.92 Å². The largest absolute Gasteiger partial charge is 0.379 e. The molecule has 2 fully saturated rings. The first-order valence-corrected chi connectivity index (χ1v) is 6.78. The van der Waals surface area contributed by atoms with Gasteiger partial charge in [0, 0.05) is 18.7 Å². The molecule has 3 heteroatoms. The summed E-state index contributed by atoms with van der Waals surface area (Å²) < 4.78 is 5.55. The van der Waals surface area contributed by atoms with E-state index in [1.807, 2.05) is 0 Å². The maximum Gasteiger partial charge on any atom is 0.0648 e. The summed E-state index contributed by atoms with van der Waals surface area (Å²) in [6, 6.07) is 0. The van der Waals surface area contributed by atoms with E-state index in [1.165, 1.54) is 38.9 Å². The van der Waals surface area contributed by atoms with Crippen molar-refractivity contribution in [2.24, 2.45) is 5.92 Å². The van der Waals surface area contributed by atoms with Crippen LogP contribution in [0.15, 0.2) is 0 Å². The van der Waals surface area contributed by atoms with E-state index in [9.17, 15) is 0 Å². The van der Waals surface area contributed by atoms with Crippen LogP contribution in [0.3, 0.4) is 0 Å². The smallest absolute Gasteiger partial charge is 0.0648 e. The lowest BCUT2D eigenvalue weighted by atomic mass is 9.99. The van der Waals surface area contributed by atoms with Gasteiger partial charge in [0.1, 0.15) is 0 Å². The van der Waals surface area contributed by atoms with Crippen LogP contribution < -0.4 is 5.32 Å². The number of nitrogens with one attached hydrogen (secondary N) is 1. The standard InChI is InChI=1S/C13H26N2O/c1-3-6-14-9-12-4-7-15(10-12)13(2)5-8-16-11-13/h12,14H,3-11H2,1-2H3. The van der Waals surface area contributed by atoms with E-state index >= 15 is 0 Å². The highest BCUT2D eigenvalue weighted by atomic mass is 16.5. The molecule has 0 aromatic rings. The minimum atomic E-state index is 0.333. The van der Waals surface area contributed by atoms with Gasteiger partial charge in [0.05, 0.1) is 6.61 Å². The zero-order valence-electron chi connectivity index (χ0n) is 10.8. The fourth-order valence-corrected chi connectivity index (χ4v) is 2.88. The van der Waals surface area contributed by atoms with E-state index in [-0.39, 0.29) is 0 Å². The van der Waals surface area contributed by atoms with Crippen LogP contribution >= 0.6 is 0 Å². The number of hydrogen-bond donors (Lipinski definition) is 1. The molecule has 0 amide bonds. The Kier molecular flexibility index (Phi) is 4.22. The van der Waals surface area contributed by atoms with Gasteiger partial charge in [0.25, 0.3) is 0 Å². The molecule has 2 heterocycles. The highest BCUT2D eigenvalue weighted by Crippen LogP contribution is 2.30. The first-order valence-electron chi connectivity index (χ1n) is 6.78. The van der Waals surface area contributed by atoms with Crippen molar-refractivity contribution in [2.75, 3.05) is 39.4 Å². The third-order valence-corrected chi connectivity index (χ3v) is 4.11. The normalized spacial score (nSPS) is 36.0. The second-order valence-electron chi connectivity index (χ2n) is 5.60. The Hall–Kier alpha value is -0.120. The predicted octanol–water partition coefficient (Wildman–Crippen LogP) is 1.49. The van der Waals surface area contributed by atoms with Crippen LogP contribution in [0.2, 0.25) is 0 Å². The molecule has 2 aliphatic heterocycles. The molecule has 3 nitrogen and oxygen atoms in total. The maximum atomic E-state index is 5.55.